The number of pyridine rings is 1. The van der Waals surface area contributed by atoms with Crippen LogP contribution in [0.5, 0.6) is 0 Å². The Morgan fingerprint density at radius 3 is 3.00 bits per heavy atom. The lowest BCUT2D eigenvalue weighted by molar-refractivity contribution is 0.595. The van der Waals surface area contributed by atoms with E-state index in [4.69, 9.17) is 0 Å². The van der Waals surface area contributed by atoms with Gasteiger partial charge in [-0.05, 0) is 13.0 Å². The first-order valence-corrected chi connectivity index (χ1v) is 7.00. The highest BCUT2D eigenvalue weighted by atomic mass is 32.2. The molecule has 1 fully saturated rings. The Balaban J connectivity index is 2.25. The third-order valence-electron chi connectivity index (χ3n) is 3.25. The first-order chi connectivity index (χ1) is 8.06. The summed E-state index contributed by atoms with van der Waals surface area (Å²) in [6.07, 6.45) is 5.10. The van der Waals surface area contributed by atoms with Crippen LogP contribution in [0.1, 0.15) is 5.69 Å². The first-order valence-electron chi connectivity index (χ1n) is 5.35. The maximum absolute atomic E-state index is 11.9. The number of fused-ring (bicyclic) bond motifs is 1. The molecule has 1 saturated heterocycles. The number of quaternary nitrogens is 1. The van der Waals surface area contributed by atoms with Crippen molar-refractivity contribution in [1.29, 1.82) is 0 Å². The molecule has 1 atom stereocenters. The molecule has 3 rings (SSSR count). The molecule has 0 amide bonds. The number of aryl methyl sites for hydroxylation is 1. The average molecular weight is 250 g/mol. The van der Waals surface area contributed by atoms with E-state index in [1.807, 2.05) is 25.3 Å². The standard InChI is InChI=1S/C11H12N3O2S/c1-9-10(3-2-4-12-9)14-6-5-13-11(14)17(15,16)8-7-14/h2-6H,7-8H2,1H3/q+1. The van der Waals surface area contributed by atoms with Crippen LogP contribution >= 0.6 is 0 Å². The first kappa shape index (κ1) is 10.6. The van der Waals surface area contributed by atoms with Crippen molar-refractivity contribution in [3.05, 3.63) is 36.4 Å². The van der Waals surface area contributed by atoms with Crippen molar-refractivity contribution in [2.45, 2.75) is 6.92 Å². The number of nitrogens with zero attached hydrogens (tertiary/aromatic N) is 3. The molecule has 5 nitrogen and oxygen atoms in total. The fourth-order valence-corrected chi connectivity index (χ4v) is 4.11. The summed E-state index contributed by atoms with van der Waals surface area (Å²) < 4.78 is 24.0. The molecule has 0 saturated carbocycles. The Bertz CT molecular complexity index is 648. The van der Waals surface area contributed by atoms with Gasteiger partial charge in [-0.1, -0.05) is 0 Å². The molecule has 17 heavy (non-hydrogen) atoms. The zero-order valence-electron chi connectivity index (χ0n) is 9.37. The van der Waals surface area contributed by atoms with Gasteiger partial charge >= 0.3 is 5.17 Å². The van der Waals surface area contributed by atoms with E-state index in [9.17, 15) is 8.42 Å². The second-order valence-electron chi connectivity index (χ2n) is 4.23. The molecule has 0 aromatic carbocycles. The topological polar surface area (TPSA) is 59.4 Å². The molecular weight excluding hydrogens is 238 g/mol. The summed E-state index contributed by atoms with van der Waals surface area (Å²) in [5, 5.41) is 0.230. The Kier molecular flexibility index (Phi) is 2.02. The van der Waals surface area contributed by atoms with Crippen LogP contribution in [-0.2, 0) is 9.84 Å². The molecule has 2 aliphatic heterocycles. The fraction of sp³-hybridized carbons (Fsp3) is 0.273. The van der Waals surface area contributed by atoms with Gasteiger partial charge in [0, 0.05) is 12.3 Å². The van der Waals surface area contributed by atoms with Crippen molar-refractivity contribution in [2.75, 3.05) is 12.3 Å². The number of rotatable bonds is 1. The Labute approximate surface area is 99.6 Å². The van der Waals surface area contributed by atoms with Crippen molar-refractivity contribution in [1.82, 2.24) is 9.47 Å². The molecule has 0 radical (unpaired) electrons. The van der Waals surface area contributed by atoms with Crippen LogP contribution in [0.3, 0.4) is 0 Å². The Morgan fingerprint density at radius 2 is 2.24 bits per heavy atom. The predicted molar refractivity (Wildman–Crippen MR) is 66.0 cm³/mol. The minimum atomic E-state index is -3.22. The zero-order valence-corrected chi connectivity index (χ0v) is 10.2. The van der Waals surface area contributed by atoms with E-state index >= 15 is 0 Å². The highest BCUT2D eigenvalue weighted by Crippen LogP contribution is 2.35. The van der Waals surface area contributed by atoms with Crippen molar-refractivity contribution < 1.29 is 8.42 Å². The Morgan fingerprint density at radius 1 is 1.41 bits per heavy atom. The lowest BCUT2D eigenvalue weighted by Gasteiger charge is -2.25. The van der Waals surface area contributed by atoms with Gasteiger partial charge in [-0.15, -0.1) is 0 Å². The summed E-state index contributed by atoms with van der Waals surface area (Å²) in [7, 11) is -3.22. The smallest absolute Gasteiger partial charge is 0.255 e. The van der Waals surface area contributed by atoms with Crippen LogP contribution in [-0.4, -0.2) is 30.9 Å². The molecule has 0 aliphatic carbocycles. The summed E-state index contributed by atoms with van der Waals surface area (Å²) in [4.78, 5) is 8.26. The van der Waals surface area contributed by atoms with Crippen molar-refractivity contribution in [3.8, 4) is 0 Å². The summed E-state index contributed by atoms with van der Waals surface area (Å²) in [6, 6.07) is 3.73. The molecule has 1 unspecified atom stereocenters. The quantitative estimate of drug-likeness (QED) is 0.698. The average Bonchev–Trinajstić information content (AvgIpc) is 2.81. The van der Waals surface area contributed by atoms with E-state index in [2.05, 4.69) is 9.98 Å². The largest absolute Gasteiger partial charge is 0.331 e. The zero-order chi connectivity index (χ0) is 12.1. The normalized spacial score (nSPS) is 29.1. The molecule has 0 N–H and O–H groups in total. The third-order valence-corrected chi connectivity index (χ3v) is 4.95. The van der Waals surface area contributed by atoms with Gasteiger partial charge in [0.2, 0.25) is 0 Å². The number of hydrogen-bond donors (Lipinski definition) is 0. The number of aliphatic imine (C=N–C) groups is 1. The van der Waals surface area contributed by atoms with E-state index in [1.54, 1.807) is 12.4 Å². The summed E-state index contributed by atoms with van der Waals surface area (Å²) in [5.41, 5.74) is 1.73. The van der Waals surface area contributed by atoms with Gasteiger partial charge < -0.3 is 0 Å². The van der Waals surface area contributed by atoms with Crippen LogP contribution < -0.4 is 4.48 Å². The van der Waals surface area contributed by atoms with Crippen LogP contribution in [0, 0.1) is 6.92 Å². The van der Waals surface area contributed by atoms with Gasteiger partial charge in [-0.2, -0.15) is 4.99 Å². The second-order valence-corrected chi connectivity index (χ2v) is 6.23. The summed E-state index contributed by atoms with van der Waals surface area (Å²) in [5.74, 6) is 0.143. The monoisotopic (exact) mass is 250 g/mol. The molecule has 1 aromatic rings. The number of hydrogen-bond acceptors (Lipinski definition) is 4. The molecule has 0 bridgehead atoms. The Hall–Kier alpha value is -1.53. The SMILES string of the molecule is Cc1ncccc1[N+]12C=CN=C1S(=O)(=O)CC2. The van der Waals surface area contributed by atoms with Gasteiger partial charge in [0.1, 0.15) is 18.5 Å². The fourth-order valence-electron chi connectivity index (χ4n) is 2.43. The highest BCUT2D eigenvalue weighted by Gasteiger charge is 2.53. The molecular formula is C11H12N3O2S+. The number of aromatic nitrogens is 1. The second kappa shape index (κ2) is 3.24. The van der Waals surface area contributed by atoms with Crippen LogP contribution in [0.25, 0.3) is 0 Å². The predicted octanol–water partition coefficient (Wildman–Crippen LogP) is 0.967. The van der Waals surface area contributed by atoms with Gasteiger partial charge in [0.25, 0.3) is 9.84 Å². The lowest BCUT2D eigenvalue weighted by atomic mass is 10.2. The minimum Gasteiger partial charge on any atom is -0.255 e. The maximum Gasteiger partial charge on any atom is 0.331 e. The molecule has 6 heteroatoms. The van der Waals surface area contributed by atoms with Crippen molar-refractivity contribution in [2.24, 2.45) is 4.99 Å². The molecule has 88 valence electrons. The molecule has 3 heterocycles. The summed E-state index contributed by atoms with van der Waals surface area (Å²) in [6.45, 7) is 2.39. The van der Waals surface area contributed by atoms with Gasteiger partial charge in [0.05, 0.1) is 11.9 Å². The van der Waals surface area contributed by atoms with Gasteiger partial charge in [0.15, 0.2) is 5.69 Å². The minimum absolute atomic E-state index is 0.143. The van der Waals surface area contributed by atoms with Crippen molar-refractivity contribution >= 4 is 20.7 Å². The molecule has 1 aromatic heterocycles. The molecule has 2 aliphatic rings. The number of amidine groups is 1. The lowest BCUT2D eigenvalue weighted by Crippen LogP contribution is -2.45. The van der Waals surface area contributed by atoms with Crippen LogP contribution in [0.4, 0.5) is 5.69 Å². The van der Waals surface area contributed by atoms with Crippen LogP contribution in [0.15, 0.2) is 35.7 Å². The van der Waals surface area contributed by atoms with E-state index in [-0.39, 0.29) is 15.4 Å². The van der Waals surface area contributed by atoms with E-state index in [0.29, 0.717) is 6.54 Å². The van der Waals surface area contributed by atoms with E-state index < -0.39 is 9.84 Å². The number of sulfone groups is 1. The van der Waals surface area contributed by atoms with Gasteiger partial charge in [-0.3, -0.25) is 4.98 Å². The highest BCUT2D eigenvalue weighted by molar-refractivity contribution is 8.06. The summed E-state index contributed by atoms with van der Waals surface area (Å²) >= 11 is 0. The maximum atomic E-state index is 11.9. The van der Waals surface area contributed by atoms with Crippen LogP contribution in [0.2, 0.25) is 0 Å². The van der Waals surface area contributed by atoms with Crippen molar-refractivity contribution in [3.63, 3.8) is 0 Å². The third kappa shape index (κ3) is 1.31. The van der Waals surface area contributed by atoms with E-state index in [1.165, 1.54) is 0 Å². The molecule has 0 spiro atoms. The van der Waals surface area contributed by atoms with Gasteiger partial charge in [-0.25, -0.2) is 12.9 Å². The van der Waals surface area contributed by atoms with E-state index in [0.717, 1.165) is 11.4 Å².